The number of sulfonamides is 1. The molecule has 9 nitrogen and oxygen atoms in total. The number of rotatable bonds is 3. The lowest BCUT2D eigenvalue weighted by molar-refractivity contribution is -0.118. The van der Waals surface area contributed by atoms with E-state index in [0.29, 0.717) is 41.5 Å². The highest BCUT2D eigenvalue weighted by molar-refractivity contribution is 7.93. The number of imide groups is 1. The second-order valence-corrected chi connectivity index (χ2v) is 8.83. The van der Waals surface area contributed by atoms with Gasteiger partial charge >= 0.3 is 6.03 Å². The average molecular weight is 439 g/mol. The van der Waals surface area contributed by atoms with Crippen LogP contribution >= 0.6 is 0 Å². The molecular formula is C21H17N3O6S. The van der Waals surface area contributed by atoms with Crippen molar-refractivity contribution >= 4 is 44.1 Å². The molecule has 0 aliphatic carbocycles. The van der Waals surface area contributed by atoms with Gasteiger partial charge in [0, 0.05) is 17.1 Å². The minimum Gasteiger partial charge on any atom is -0.486 e. The lowest BCUT2D eigenvalue weighted by atomic mass is 10.1. The number of amides is 3. The normalized spacial score (nSPS) is 15.5. The molecule has 0 saturated heterocycles. The Balaban J connectivity index is 1.30. The molecule has 2 N–H and O–H groups in total. The van der Waals surface area contributed by atoms with Gasteiger partial charge in [-0.2, -0.15) is 0 Å². The monoisotopic (exact) mass is 439 g/mol. The van der Waals surface area contributed by atoms with Crippen LogP contribution in [0.1, 0.15) is 0 Å². The Morgan fingerprint density at radius 2 is 1.71 bits per heavy atom. The fraction of sp³-hybridized carbons (Fsp3) is 0.143. The molecule has 0 saturated carbocycles. The van der Waals surface area contributed by atoms with Crippen LogP contribution < -0.4 is 24.4 Å². The van der Waals surface area contributed by atoms with Crippen LogP contribution in [0.4, 0.5) is 16.2 Å². The minimum atomic E-state index is -3.89. The molecule has 3 aromatic rings. The molecule has 0 bridgehead atoms. The van der Waals surface area contributed by atoms with Crippen LogP contribution in [0.3, 0.4) is 0 Å². The van der Waals surface area contributed by atoms with E-state index in [2.05, 4.69) is 10.6 Å². The maximum Gasteiger partial charge on any atom is 0.325 e. The molecule has 31 heavy (non-hydrogen) atoms. The van der Waals surface area contributed by atoms with Crippen LogP contribution in [0.15, 0.2) is 59.5 Å². The number of urea groups is 1. The lowest BCUT2D eigenvalue weighted by Gasteiger charge is -2.19. The second-order valence-electron chi connectivity index (χ2n) is 7.00. The molecule has 0 aromatic heterocycles. The molecule has 0 spiro atoms. The second kappa shape index (κ2) is 7.17. The standard InChI is InChI=1S/C21H17N3O6S/c25-19(23-21(26)22-14-7-8-16-17(11-14)30-10-9-29-16)12-24-15-5-1-3-13-4-2-6-18(20(13)15)31(24,27)28/h1-8,11H,9-10,12H2,(H2,22,23,25,26). The molecule has 3 aromatic carbocycles. The number of nitrogens with one attached hydrogen (secondary N) is 2. The van der Waals surface area contributed by atoms with E-state index in [9.17, 15) is 18.0 Å². The molecule has 0 radical (unpaired) electrons. The highest BCUT2D eigenvalue weighted by Crippen LogP contribution is 2.41. The number of carbonyl (C=O) groups is 2. The first-order valence-electron chi connectivity index (χ1n) is 9.48. The molecule has 0 atom stereocenters. The molecule has 3 amide bonds. The van der Waals surface area contributed by atoms with E-state index < -0.39 is 28.5 Å². The summed E-state index contributed by atoms with van der Waals surface area (Å²) in [5, 5.41) is 6.03. The zero-order chi connectivity index (χ0) is 21.6. The number of carbonyl (C=O) groups excluding carboxylic acids is 2. The Morgan fingerprint density at radius 3 is 2.52 bits per heavy atom. The molecule has 0 unspecified atom stereocenters. The van der Waals surface area contributed by atoms with E-state index in [4.69, 9.17) is 9.47 Å². The van der Waals surface area contributed by atoms with Crippen LogP contribution in [-0.2, 0) is 14.8 Å². The number of ether oxygens (including phenoxy) is 2. The predicted octanol–water partition coefficient (Wildman–Crippen LogP) is 2.47. The van der Waals surface area contributed by atoms with Crippen molar-refractivity contribution in [2.45, 2.75) is 4.90 Å². The van der Waals surface area contributed by atoms with E-state index in [1.807, 2.05) is 12.1 Å². The highest BCUT2D eigenvalue weighted by atomic mass is 32.2. The van der Waals surface area contributed by atoms with Crippen LogP contribution in [0.2, 0.25) is 0 Å². The van der Waals surface area contributed by atoms with Crippen molar-refractivity contribution in [3.8, 4) is 11.5 Å². The average Bonchev–Trinajstić information content (AvgIpc) is 2.97. The Bertz CT molecular complexity index is 1330. The zero-order valence-corrected chi connectivity index (χ0v) is 16.9. The Kier molecular flexibility index (Phi) is 4.44. The molecule has 0 fully saturated rings. The third-order valence-corrected chi connectivity index (χ3v) is 6.82. The fourth-order valence-corrected chi connectivity index (χ4v) is 5.38. The summed E-state index contributed by atoms with van der Waals surface area (Å²) < 4.78 is 37.8. The van der Waals surface area contributed by atoms with E-state index in [1.165, 1.54) is 6.07 Å². The first kappa shape index (κ1) is 19.2. The van der Waals surface area contributed by atoms with Gasteiger partial charge in [0.25, 0.3) is 10.0 Å². The number of hydrogen-bond donors (Lipinski definition) is 2. The summed E-state index contributed by atoms with van der Waals surface area (Å²) in [7, 11) is -3.89. The van der Waals surface area contributed by atoms with Crippen molar-refractivity contribution in [3.05, 3.63) is 54.6 Å². The third-order valence-electron chi connectivity index (χ3n) is 5.02. The molecule has 2 aliphatic heterocycles. The summed E-state index contributed by atoms with van der Waals surface area (Å²) in [4.78, 5) is 24.9. The summed E-state index contributed by atoms with van der Waals surface area (Å²) >= 11 is 0. The van der Waals surface area contributed by atoms with Crippen molar-refractivity contribution in [1.82, 2.24) is 5.32 Å². The first-order chi connectivity index (χ1) is 14.9. The smallest absolute Gasteiger partial charge is 0.325 e. The Hall–Kier alpha value is -3.79. The fourth-order valence-electron chi connectivity index (χ4n) is 3.71. The van der Waals surface area contributed by atoms with Crippen molar-refractivity contribution in [2.75, 3.05) is 29.4 Å². The van der Waals surface area contributed by atoms with Crippen molar-refractivity contribution in [3.63, 3.8) is 0 Å². The SMILES string of the molecule is O=C(CN1c2cccc3cccc(c23)S1(=O)=O)NC(=O)Nc1ccc2c(c1)OCCO2. The summed E-state index contributed by atoms with van der Waals surface area (Å²) in [5.41, 5.74) is 0.816. The number of anilines is 2. The molecule has 158 valence electrons. The van der Waals surface area contributed by atoms with Crippen molar-refractivity contribution in [1.29, 1.82) is 0 Å². The largest absolute Gasteiger partial charge is 0.486 e. The van der Waals surface area contributed by atoms with Gasteiger partial charge in [0.15, 0.2) is 11.5 Å². The van der Waals surface area contributed by atoms with Gasteiger partial charge in [-0.25, -0.2) is 13.2 Å². The van der Waals surface area contributed by atoms with Crippen LogP contribution in [-0.4, -0.2) is 40.1 Å². The van der Waals surface area contributed by atoms with E-state index >= 15 is 0 Å². The minimum absolute atomic E-state index is 0.147. The highest BCUT2D eigenvalue weighted by Gasteiger charge is 2.36. The summed E-state index contributed by atoms with van der Waals surface area (Å²) in [6, 6.07) is 14.2. The third kappa shape index (κ3) is 3.30. The Labute approximate surface area is 177 Å². The van der Waals surface area contributed by atoms with Gasteiger partial charge in [-0.3, -0.25) is 14.4 Å². The van der Waals surface area contributed by atoms with E-state index in [-0.39, 0.29) is 4.90 Å². The van der Waals surface area contributed by atoms with Crippen molar-refractivity contribution < 1.29 is 27.5 Å². The van der Waals surface area contributed by atoms with Gasteiger partial charge < -0.3 is 14.8 Å². The predicted molar refractivity (Wildman–Crippen MR) is 113 cm³/mol. The summed E-state index contributed by atoms with van der Waals surface area (Å²) in [6.45, 7) is 0.330. The van der Waals surface area contributed by atoms with Gasteiger partial charge in [0.05, 0.1) is 10.6 Å². The molecule has 5 rings (SSSR count). The molecule has 2 aliphatic rings. The number of hydrogen-bond acceptors (Lipinski definition) is 6. The van der Waals surface area contributed by atoms with Gasteiger partial charge in [0.1, 0.15) is 19.8 Å². The number of benzene rings is 3. The number of fused-ring (bicyclic) bond motifs is 1. The van der Waals surface area contributed by atoms with E-state index in [0.717, 1.165) is 9.69 Å². The van der Waals surface area contributed by atoms with Gasteiger partial charge in [-0.05, 0) is 29.7 Å². The van der Waals surface area contributed by atoms with Crippen LogP contribution in [0, 0.1) is 0 Å². The maximum atomic E-state index is 12.9. The summed E-state index contributed by atoms with van der Waals surface area (Å²) in [6.07, 6.45) is 0. The number of nitrogens with zero attached hydrogens (tertiary/aromatic N) is 1. The molecule has 2 heterocycles. The van der Waals surface area contributed by atoms with Gasteiger partial charge in [-0.1, -0.05) is 24.3 Å². The molecule has 10 heteroatoms. The lowest BCUT2D eigenvalue weighted by Crippen LogP contribution is -2.43. The van der Waals surface area contributed by atoms with Crippen molar-refractivity contribution in [2.24, 2.45) is 0 Å². The first-order valence-corrected chi connectivity index (χ1v) is 10.9. The van der Waals surface area contributed by atoms with Gasteiger partial charge in [-0.15, -0.1) is 0 Å². The molecular weight excluding hydrogens is 422 g/mol. The van der Waals surface area contributed by atoms with Crippen LogP contribution in [0.5, 0.6) is 11.5 Å². The van der Waals surface area contributed by atoms with Gasteiger partial charge in [0.2, 0.25) is 5.91 Å². The summed E-state index contributed by atoms with van der Waals surface area (Å²) in [5.74, 6) is 0.300. The quantitative estimate of drug-likeness (QED) is 0.648. The van der Waals surface area contributed by atoms with Crippen LogP contribution in [0.25, 0.3) is 10.8 Å². The zero-order valence-electron chi connectivity index (χ0n) is 16.1. The van der Waals surface area contributed by atoms with E-state index in [1.54, 1.807) is 36.4 Å². The Morgan fingerprint density at radius 1 is 0.968 bits per heavy atom. The topological polar surface area (TPSA) is 114 Å². The maximum absolute atomic E-state index is 12.9.